The third kappa shape index (κ3) is 4.42. The molecule has 0 saturated carbocycles. The second kappa shape index (κ2) is 8.10. The van der Waals surface area contributed by atoms with Crippen molar-refractivity contribution >= 4 is 17.6 Å². The van der Waals surface area contributed by atoms with E-state index in [0.717, 1.165) is 0 Å². The molecule has 1 aromatic rings. The van der Waals surface area contributed by atoms with Crippen molar-refractivity contribution in [3.8, 4) is 5.75 Å². The summed E-state index contributed by atoms with van der Waals surface area (Å²) < 4.78 is 33.7. The van der Waals surface area contributed by atoms with Crippen LogP contribution in [0.3, 0.4) is 0 Å². The van der Waals surface area contributed by atoms with Gasteiger partial charge in [-0.1, -0.05) is 24.2 Å². The maximum absolute atomic E-state index is 12.4. The molecule has 1 rings (SSSR count). The monoisotopic (exact) mass is 334 g/mol. The number of hydrogen-bond donors (Lipinski definition) is 1. The van der Waals surface area contributed by atoms with Gasteiger partial charge in [-0.3, -0.25) is 0 Å². The zero-order valence-electron chi connectivity index (χ0n) is 12.2. The molecule has 0 spiro atoms. The summed E-state index contributed by atoms with van der Waals surface area (Å²) in [6.07, 6.45) is 0.221. The average molecular weight is 335 g/mol. The fourth-order valence-corrected chi connectivity index (χ4v) is 2.46. The molecule has 122 valence electrons. The van der Waals surface area contributed by atoms with E-state index < -0.39 is 18.5 Å². The predicted octanol–water partition coefficient (Wildman–Crippen LogP) is 3.45. The summed E-state index contributed by atoms with van der Waals surface area (Å²) in [5, 5.41) is 9.16. The minimum atomic E-state index is -2.99. The van der Waals surface area contributed by atoms with E-state index in [1.165, 1.54) is 13.2 Å². The number of carbonyl (C=O) groups is 1. The first kappa shape index (κ1) is 18.4. The van der Waals surface area contributed by atoms with E-state index in [4.69, 9.17) is 16.7 Å². The van der Waals surface area contributed by atoms with Crippen LogP contribution in [-0.4, -0.2) is 31.4 Å². The zero-order chi connectivity index (χ0) is 16.9. The molecule has 0 aromatic heterocycles. The van der Waals surface area contributed by atoms with Gasteiger partial charge in [-0.25, -0.2) is 4.79 Å². The molecular formula is C15H17ClF2O4. The number of aliphatic hydroxyl groups excluding tert-OH is 1. The summed E-state index contributed by atoms with van der Waals surface area (Å²) in [6, 6.07) is 2.98. The van der Waals surface area contributed by atoms with Crippen LogP contribution >= 0.6 is 11.6 Å². The molecule has 0 aliphatic heterocycles. The van der Waals surface area contributed by atoms with Crippen LogP contribution in [0.5, 0.6) is 5.75 Å². The normalized spacial score (nSPS) is 12.1. The van der Waals surface area contributed by atoms with Gasteiger partial charge in [0.15, 0.2) is 0 Å². The first-order chi connectivity index (χ1) is 10.3. The number of rotatable bonds is 7. The van der Waals surface area contributed by atoms with Crippen LogP contribution in [0.25, 0.3) is 0 Å². The van der Waals surface area contributed by atoms with Gasteiger partial charge in [0.1, 0.15) is 5.75 Å². The highest BCUT2D eigenvalue weighted by Gasteiger charge is 2.23. The second-order valence-electron chi connectivity index (χ2n) is 4.61. The van der Waals surface area contributed by atoms with Crippen LogP contribution in [-0.2, 0) is 9.53 Å². The van der Waals surface area contributed by atoms with E-state index in [-0.39, 0.29) is 29.4 Å². The number of esters is 1. The first-order valence-electron chi connectivity index (χ1n) is 6.44. The standard InChI is InChI=1S/C15H17ClF2O4/c1-8-6-10(7-12(16)13(8)22-15(17)18)11(4-5-19)9(2)14(20)21-3/h6-7,11,15,19H,2,4-5H2,1,3H3. The summed E-state index contributed by atoms with van der Waals surface area (Å²) in [4.78, 5) is 11.6. The van der Waals surface area contributed by atoms with Crippen LogP contribution in [0.4, 0.5) is 8.78 Å². The number of ether oxygens (including phenoxy) is 2. The van der Waals surface area contributed by atoms with Gasteiger partial charge in [0, 0.05) is 18.1 Å². The van der Waals surface area contributed by atoms with Crippen LogP contribution in [0, 0.1) is 6.92 Å². The molecule has 1 N–H and O–H groups in total. The fourth-order valence-electron chi connectivity index (χ4n) is 2.14. The highest BCUT2D eigenvalue weighted by molar-refractivity contribution is 6.32. The minimum absolute atomic E-state index is 0.00379. The van der Waals surface area contributed by atoms with Gasteiger partial charge >= 0.3 is 12.6 Å². The van der Waals surface area contributed by atoms with E-state index in [0.29, 0.717) is 11.1 Å². The number of carbonyl (C=O) groups excluding carboxylic acids is 1. The largest absolute Gasteiger partial charge is 0.466 e. The lowest BCUT2D eigenvalue weighted by Gasteiger charge is -2.20. The molecule has 22 heavy (non-hydrogen) atoms. The van der Waals surface area contributed by atoms with Crippen molar-refractivity contribution in [1.82, 2.24) is 0 Å². The molecular weight excluding hydrogens is 318 g/mol. The van der Waals surface area contributed by atoms with Crippen molar-refractivity contribution in [1.29, 1.82) is 0 Å². The summed E-state index contributed by atoms with van der Waals surface area (Å²) in [6.45, 7) is 2.06. The zero-order valence-corrected chi connectivity index (χ0v) is 13.0. The number of methoxy groups -OCH3 is 1. The molecule has 1 aromatic carbocycles. The van der Waals surface area contributed by atoms with Crippen molar-refractivity contribution in [3.63, 3.8) is 0 Å². The van der Waals surface area contributed by atoms with Crippen LogP contribution in [0.15, 0.2) is 24.3 Å². The summed E-state index contributed by atoms with van der Waals surface area (Å²) in [5.74, 6) is -1.26. The molecule has 7 heteroatoms. The third-order valence-corrected chi connectivity index (χ3v) is 3.43. The van der Waals surface area contributed by atoms with E-state index in [1.807, 2.05) is 0 Å². The average Bonchev–Trinajstić information content (AvgIpc) is 2.46. The Morgan fingerprint density at radius 1 is 1.45 bits per heavy atom. The van der Waals surface area contributed by atoms with Crippen LogP contribution in [0.2, 0.25) is 5.02 Å². The lowest BCUT2D eigenvalue weighted by atomic mass is 9.88. The third-order valence-electron chi connectivity index (χ3n) is 3.15. The molecule has 0 aliphatic rings. The number of aryl methyl sites for hydroxylation is 1. The Kier molecular flexibility index (Phi) is 6.77. The fraction of sp³-hybridized carbons (Fsp3) is 0.400. The molecule has 0 fully saturated rings. The Hall–Kier alpha value is -1.66. The van der Waals surface area contributed by atoms with Crippen molar-refractivity contribution in [3.05, 3.63) is 40.4 Å². The lowest BCUT2D eigenvalue weighted by molar-refractivity contribution is -0.136. The van der Waals surface area contributed by atoms with Gasteiger partial charge < -0.3 is 14.6 Å². The molecule has 1 unspecified atom stereocenters. The van der Waals surface area contributed by atoms with E-state index in [2.05, 4.69) is 16.1 Å². The van der Waals surface area contributed by atoms with Crippen LogP contribution in [0.1, 0.15) is 23.5 Å². The molecule has 4 nitrogen and oxygen atoms in total. The maximum Gasteiger partial charge on any atom is 0.387 e. The number of alkyl halides is 2. The Morgan fingerprint density at radius 2 is 2.09 bits per heavy atom. The Balaban J connectivity index is 3.21. The number of aliphatic hydroxyl groups is 1. The number of halogens is 3. The van der Waals surface area contributed by atoms with Gasteiger partial charge in [-0.2, -0.15) is 8.78 Å². The van der Waals surface area contributed by atoms with Crippen LogP contribution < -0.4 is 4.74 Å². The quantitative estimate of drug-likeness (QED) is 0.613. The SMILES string of the molecule is C=C(C(=O)OC)C(CCO)c1cc(C)c(OC(F)F)c(Cl)c1. The highest BCUT2D eigenvalue weighted by Crippen LogP contribution is 2.36. The molecule has 0 heterocycles. The molecule has 0 aliphatic carbocycles. The van der Waals surface area contributed by atoms with E-state index in [1.54, 1.807) is 13.0 Å². The Morgan fingerprint density at radius 3 is 2.55 bits per heavy atom. The predicted molar refractivity (Wildman–Crippen MR) is 78.4 cm³/mol. The van der Waals surface area contributed by atoms with Crippen molar-refractivity contribution in [2.75, 3.05) is 13.7 Å². The molecule has 0 saturated heterocycles. The Bertz CT molecular complexity index is 537. The first-order valence-corrected chi connectivity index (χ1v) is 6.82. The topological polar surface area (TPSA) is 55.8 Å². The number of benzene rings is 1. The molecule has 1 atom stereocenters. The van der Waals surface area contributed by atoms with Gasteiger partial charge in [-0.15, -0.1) is 0 Å². The van der Waals surface area contributed by atoms with Crippen molar-refractivity contribution in [2.45, 2.75) is 25.9 Å². The highest BCUT2D eigenvalue weighted by atomic mass is 35.5. The minimum Gasteiger partial charge on any atom is -0.466 e. The smallest absolute Gasteiger partial charge is 0.387 e. The second-order valence-corrected chi connectivity index (χ2v) is 5.02. The Labute approximate surface area is 132 Å². The lowest BCUT2D eigenvalue weighted by Crippen LogP contribution is -2.14. The summed E-state index contributed by atoms with van der Waals surface area (Å²) in [7, 11) is 1.22. The van der Waals surface area contributed by atoms with E-state index >= 15 is 0 Å². The van der Waals surface area contributed by atoms with Gasteiger partial charge in [-0.05, 0) is 30.5 Å². The number of hydrogen-bond acceptors (Lipinski definition) is 4. The van der Waals surface area contributed by atoms with Gasteiger partial charge in [0.25, 0.3) is 0 Å². The van der Waals surface area contributed by atoms with Crippen molar-refractivity contribution in [2.24, 2.45) is 0 Å². The molecule has 0 amide bonds. The van der Waals surface area contributed by atoms with Gasteiger partial charge in [0.05, 0.1) is 12.1 Å². The van der Waals surface area contributed by atoms with E-state index in [9.17, 15) is 13.6 Å². The molecule has 0 radical (unpaired) electrons. The summed E-state index contributed by atoms with van der Waals surface area (Å²) in [5.41, 5.74) is 1.10. The maximum atomic E-state index is 12.4. The molecule has 0 bridgehead atoms. The summed E-state index contributed by atoms with van der Waals surface area (Å²) >= 11 is 5.97. The van der Waals surface area contributed by atoms with Crippen molar-refractivity contribution < 1.29 is 28.2 Å². The van der Waals surface area contributed by atoms with Gasteiger partial charge in [0.2, 0.25) is 0 Å².